The molecule has 1 aromatic rings. The monoisotopic (exact) mass is 342 g/mol. The Kier molecular flexibility index (Phi) is 4.63. The van der Waals surface area contributed by atoms with Gasteiger partial charge >= 0.3 is 0 Å². The second-order valence-electron chi connectivity index (χ2n) is 4.34. The zero-order chi connectivity index (χ0) is 13.9. The molecule has 1 heterocycles. The van der Waals surface area contributed by atoms with E-state index >= 15 is 0 Å². The van der Waals surface area contributed by atoms with Crippen LogP contribution in [0.4, 0.5) is 0 Å². The third-order valence-corrected chi connectivity index (χ3v) is 5.47. The van der Waals surface area contributed by atoms with E-state index in [9.17, 15) is 8.42 Å². The molecular weight excluding hydrogens is 328 g/mol. The number of halogens is 1. The molecule has 0 spiro atoms. The third-order valence-electron chi connectivity index (χ3n) is 3.08. The summed E-state index contributed by atoms with van der Waals surface area (Å²) in [6, 6.07) is 6.78. The van der Waals surface area contributed by atoms with Crippen LogP contribution in [0.3, 0.4) is 0 Å². The van der Waals surface area contributed by atoms with Crippen LogP contribution in [0.1, 0.15) is 0 Å². The highest BCUT2D eigenvalue weighted by Crippen LogP contribution is 2.21. The van der Waals surface area contributed by atoms with E-state index in [0.29, 0.717) is 37.6 Å². The lowest BCUT2D eigenvalue weighted by Gasteiger charge is -2.32. The molecule has 0 atom stereocenters. The Hall–Kier alpha value is -0.870. The molecule has 1 saturated heterocycles. The summed E-state index contributed by atoms with van der Waals surface area (Å²) in [6.45, 7) is 2.90. The van der Waals surface area contributed by atoms with Crippen LogP contribution in [-0.4, -0.2) is 50.3 Å². The van der Waals surface area contributed by atoms with Crippen molar-refractivity contribution in [2.75, 3.05) is 32.7 Å². The molecule has 4 nitrogen and oxygen atoms in total. The molecule has 1 aliphatic rings. The number of nitrogens with zero attached hydrogens (tertiary/aromatic N) is 2. The van der Waals surface area contributed by atoms with Gasteiger partial charge in [0, 0.05) is 30.7 Å². The lowest BCUT2D eigenvalue weighted by Crippen LogP contribution is -2.48. The number of rotatable bonds is 3. The number of hydrogen-bond donors (Lipinski definition) is 0. The average Bonchev–Trinajstić information content (AvgIpc) is 2.40. The zero-order valence-corrected chi connectivity index (χ0v) is 12.8. The molecule has 0 saturated carbocycles. The summed E-state index contributed by atoms with van der Waals surface area (Å²) in [4.78, 5) is 2.40. The normalized spacial score (nSPS) is 18.1. The second-order valence-corrected chi connectivity index (χ2v) is 7.20. The quantitative estimate of drug-likeness (QED) is 0.779. The first-order chi connectivity index (χ1) is 9.04. The van der Waals surface area contributed by atoms with Crippen molar-refractivity contribution in [3.05, 3.63) is 28.7 Å². The maximum absolute atomic E-state index is 12.5. The molecule has 0 N–H and O–H groups in total. The van der Waals surface area contributed by atoms with Crippen molar-refractivity contribution in [1.29, 1.82) is 0 Å². The van der Waals surface area contributed by atoms with E-state index in [1.807, 2.05) is 6.07 Å². The first-order valence-corrected chi connectivity index (χ1v) is 8.19. The van der Waals surface area contributed by atoms with Crippen molar-refractivity contribution in [2.45, 2.75) is 4.90 Å². The first-order valence-electron chi connectivity index (χ1n) is 5.95. The first kappa shape index (κ1) is 14.5. The van der Waals surface area contributed by atoms with Crippen LogP contribution in [0.5, 0.6) is 0 Å². The van der Waals surface area contributed by atoms with Gasteiger partial charge in [-0.05, 0) is 18.2 Å². The van der Waals surface area contributed by atoms with Crippen LogP contribution >= 0.6 is 15.9 Å². The van der Waals surface area contributed by atoms with Crippen LogP contribution in [-0.2, 0) is 10.0 Å². The zero-order valence-electron chi connectivity index (χ0n) is 10.4. The molecule has 0 aromatic heterocycles. The SMILES string of the molecule is C#CCN1CCN(S(=O)(=O)c2cccc(Br)c2)CC1. The van der Waals surface area contributed by atoms with E-state index < -0.39 is 10.0 Å². The number of hydrogen-bond acceptors (Lipinski definition) is 3. The Bertz CT molecular complexity index is 587. The fourth-order valence-electron chi connectivity index (χ4n) is 2.03. The van der Waals surface area contributed by atoms with E-state index in [-0.39, 0.29) is 0 Å². The molecule has 0 aliphatic carbocycles. The average molecular weight is 343 g/mol. The van der Waals surface area contributed by atoms with Crippen molar-refractivity contribution >= 4 is 26.0 Å². The van der Waals surface area contributed by atoms with Crippen LogP contribution in [0.15, 0.2) is 33.6 Å². The van der Waals surface area contributed by atoms with E-state index in [2.05, 4.69) is 26.8 Å². The van der Waals surface area contributed by atoms with Gasteiger partial charge in [0.15, 0.2) is 0 Å². The van der Waals surface area contributed by atoms with Gasteiger partial charge in [0.05, 0.1) is 11.4 Å². The summed E-state index contributed by atoms with van der Waals surface area (Å²) in [7, 11) is -3.40. The predicted molar refractivity (Wildman–Crippen MR) is 78.2 cm³/mol. The number of sulfonamides is 1. The topological polar surface area (TPSA) is 40.6 Å². The molecule has 1 fully saturated rings. The molecule has 102 valence electrons. The lowest BCUT2D eigenvalue weighted by atomic mass is 10.3. The highest BCUT2D eigenvalue weighted by molar-refractivity contribution is 9.10. The van der Waals surface area contributed by atoms with Crippen molar-refractivity contribution in [3.63, 3.8) is 0 Å². The minimum Gasteiger partial charge on any atom is -0.290 e. The second kappa shape index (κ2) is 6.06. The van der Waals surface area contributed by atoms with Gasteiger partial charge in [-0.3, -0.25) is 4.90 Å². The van der Waals surface area contributed by atoms with Crippen LogP contribution in [0.2, 0.25) is 0 Å². The molecule has 1 aliphatic heterocycles. The molecule has 1 aromatic carbocycles. The van der Waals surface area contributed by atoms with E-state index in [1.54, 1.807) is 18.2 Å². The van der Waals surface area contributed by atoms with Gasteiger partial charge < -0.3 is 0 Å². The highest BCUT2D eigenvalue weighted by Gasteiger charge is 2.28. The maximum atomic E-state index is 12.5. The van der Waals surface area contributed by atoms with Gasteiger partial charge in [-0.15, -0.1) is 6.42 Å². The Morgan fingerprint density at radius 3 is 2.53 bits per heavy atom. The van der Waals surface area contributed by atoms with Crippen LogP contribution in [0.25, 0.3) is 0 Å². The fraction of sp³-hybridized carbons (Fsp3) is 0.385. The number of benzene rings is 1. The van der Waals surface area contributed by atoms with Gasteiger partial charge in [-0.2, -0.15) is 4.31 Å². The van der Waals surface area contributed by atoms with Crippen molar-refractivity contribution in [2.24, 2.45) is 0 Å². The van der Waals surface area contributed by atoms with Crippen molar-refractivity contribution in [3.8, 4) is 12.3 Å². The van der Waals surface area contributed by atoms with E-state index in [1.165, 1.54) is 4.31 Å². The van der Waals surface area contributed by atoms with Gasteiger partial charge in [-0.1, -0.05) is 27.9 Å². The Morgan fingerprint density at radius 1 is 1.26 bits per heavy atom. The Labute approximate surface area is 122 Å². The Balaban J connectivity index is 2.12. The van der Waals surface area contributed by atoms with Crippen molar-refractivity contribution < 1.29 is 8.42 Å². The summed E-state index contributed by atoms with van der Waals surface area (Å²) < 4.78 is 27.2. The Morgan fingerprint density at radius 2 is 1.95 bits per heavy atom. The summed E-state index contributed by atoms with van der Waals surface area (Å²) in [5, 5.41) is 0. The minimum atomic E-state index is -3.40. The van der Waals surface area contributed by atoms with Crippen molar-refractivity contribution in [1.82, 2.24) is 9.21 Å². The predicted octanol–water partition coefficient (Wildman–Crippen LogP) is 1.39. The molecule has 0 unspecified atom stereocenters. The highest BCUT2D eigenvalue weighted by atomic mass is 79.9. The van der Waals surface area contributed by atoms with Crippen LogP contribution < -0.4 is 0 Å². The third kappa shape index (κ3) is 3.37. The largest absolute Gasteiger partial charge is 0.290 e. The van der Waals surface area contributed by atoms with Crippen LogP contribution in [0, 0.1) is 12.3 Å². The summed E-state index contributed by atoms with van der Waals surface area (Å²) in [5.74, 6) is 2.58. The van der Waals surface area contributed by atoms with Gasteiger partial charge in [0.25, 0.3) is 0 Å². The number of terminal acetylenes is 1. The molecule has 19 heavy (non-hydrogen) atoms. The van der Waals surface area contributed by atoms with Gasteiger partial charge in [0.2, 0.25) is 10.0 Å². The smallest absolute Gasteiger partial charge is 0.243 e. The van der Waals surface area contributed by atoms with Gasteiger partial charge in [0.1, 0.15) is 0 Å². The molecule has 0 radical (unpaired) electrons. The molecule has 6 heteroatoms. The standard InChI is InChI=1S/C13H15BrN2O2S/c1-2-6-15-7-9-16(10-8-15)19(17,18)13-5-3-4-12(14)11-13/h1,3-5,11H,6-10H2. The lowest BCUT2D eigenvalue weighted by molar-refractivity contribution is 0.207. The van der Waals surface area contributed by atoms with Gasteiger partial charge in [-0.25, -0.2) is 8.42 Å². The molecule has 0 bridgehead atoms. The molecular formula is C13H15BrN2O2S. The minimum absolute atomic E-state index is 0.326. The van der Waals surface area contributed by atoms with E-state index in [0.717, 1.165) is 4.47 Å². The molecule has 2 rings (SSSR count). The van der Waals surface area contributed by atoms with E-state index in [4.69, 9.17) is 6.42 Å². The maximum Gasteiger partial charge on any atom is 0.243 e. The fourth-order valence-corrected chi connectivity index (χ4v) is 4.05. The number of piperazine rings is 1. The summed E-state index contributed by atoms with van der Waals surface area (Å²) >= 11 is 3.30. The summed E-state index contributed by atoms with van der Waals surface area (Å²) in [5.41, 5.74) is 0. The molecule has 0 amide bonds. The summed E-state index contributed by atoms with van der Waals surface area (Å²) in [6.07, 6.45) is 5.26.